The molecule has 4 nitrogen and oxygen atoms in total. The average Bonchev–Trinajstić information content (AvgIpc) is 3.08. The molecule has 0 fully saturated rings. The molecule has 2 aromatic rings. The number of amides is 1. The van der Waals surface area contributed by atoms with Gasteiger partial charge in [0.05, 0.1) is 11.6 Å². The van der Waals surface area contributed by atoms with Crippen LogP contribution < -0.4 is 4.74 Å². The molecule has 0 bridgehead atoms. The second kappa shape index (κ2) is 10.3. The van der Waals surface area contributed by atoms with Crippen molar-refractivity contribution in [3.8, 4) is 5.75 Å². The van der Waals surface area contributed by atoms with Gasteiger partial charge in [-0.1, -0.05) is 29.8 Å². The fourth-order valence-corrected chi connectivity index (χ4v) is 2.72. The molecule has 0 saturated carbocycles. The third-order valence-corrected chi connectivity index (χ3v) is 4.41. The van der Waals surface area contributed by atoms with Crippen molar-refractivity contribution in [1.29, 1.82) is 0 Å². The Kier molecular flexibility index (Phi) is 8.07. The van der Waals surface area contributed by atoms with E-state index >= 15 is 0 Å². The highest BCUT2D eigenvalue weighted by Crippen LogP contribution is 2.32. The normalized spacial score (nSPS) is 12.1. The predicted octanol–water partition coefficient (Wildman–Crippen LogP) is 5.44. The summed E-state index contributed by atoms with van der Waals surface area (Å²) in [7, 11) is 0. The van der Waals surface area contributed by atoms with Crippen molar-refractivity contribution >= 4 is 45.1 Å². The number of allylic oxidation sites excluding steroid dienone is 2. The number of nitrogens with zero attached hydrogens (tertiary/aromatic N) is 1. The van der Waals surface area contributed by atoms with Gasteiger partial charge >= 0.3 is 0 Å². The number of fused-ring (bicyclic) bond motifs is 1. The summed E-state index contributed by atoms with van der Waals surface area (Å²) in [5.74, 6) is 1.69. The lowest BCUT2D eigenvalue weighted by Crippen LogP contribution is -2.28. The number of ether oxygens (including phenoxy) is 1. The van der Waals surface area contributed by atoms with Gasteiger partial charge in [-0.2, -0.15) is 0 Å². The number of hydrogen-bond donors (Lipinski definition) is 0. The summed E-state index contributed by atoms with van der Waals surface area (Å²) in [5.41, 5.74) is 0.645. The second-order valence-electron chi connectivity index (χ2n) is 5.56. The summed E-state index contributed by atoms with van der Waals surface area (Å²) in [6, 6.07) is 7.53. The number of hydrogen-bond acceptors (Lipinski definition) is 3. The summed E-state index contributed by atoms with van der Waals surface area (Å²) in [6.07, 6.45) is 5.54. The maximum absolute atomic E-state index is 12.0. The maximum Gasteiger partial charge on any atom is 0.246 e. The van der Waals surface area contributed by atoms with Crippen molar-refractivity contribution < 1.29 is 13.9 Å². The van der Waals surface area contributed by atoms with E-state index in [0.29, 0.717) is 47.7 Å². The molecule has 0 N–H and O–H groups in total. The highest BCUT2D eigenvalue weighted by molar-refractivity contribution is 6.48. The van der Waals surface area contributed by atoms with Crippen molar-refractivity contribution in [3.05, 3.63) is 48.3 Å². The minimum atomic E-state index is -0.0460. The van der Waals surface area contributed by atoms with E-state index in [-0.39, 0.29) is 5.91 Å². The third-order valence-electron chi connectivity index (χ3n) is 3.84. The number of carbonyl (C=O) groups is 1. The molecule has 0 aliphatic rings. The molecular formula is C20H23Cl2NO3. The lowest BCUT2D eigenvalue weighted by Gasteiger charge is -2.15. The molecule has 140 valence electrons. The van der Waals surface area contributed by atoms with Gasteiger partial charge in [0.2, 0.25) is 5.91 Å². The Bertz CT molecular complexity index is 791. The van der Waals surface area contributed by atoms with Gasteiger partial charge in [-0.3, -0.25) is 4.79 Å². The Balaban J connectivity index is 2.16. The maximum atomic E-state index is 12.0. The zero-order valence-electron chi connectivity index (χ0n) is 15.0. The Labute approximate surface area is 164 Å². The summed E-state index contributed by atoms with van der Waals surface area (Å²) in [5, 5.41) is 1.31. The molecule has 0 atom stereocenters. The topological polar surface area (TPSA) is 42.7 Å². The van der Waals surface area contributed by atoms with E-state index in [4.69, 9.17) is 32.4 Å². The quantitative estimate of drug-likeness (QED) is 0.245. The molecule has 26 heavy (non-hydrogen) atoms. The van der Waals surface area contributed by atoms with E-state index in [2.05, 4.69) is 0 Å². The molecule has 6 heteroatoms. The highest BCUT2D eigenvalue weighted by Gasteiger charge is 2.11. The van der Waals surface area contributed by atoms with Gasteiger partial charge in [0.15, 0.2) is 11.3 Å². The molecular weight excluding hydrogens is 373 g/mol. The molecule has 1 aromatic carbocycles. The fourth-order valence-electron chi connectivity index (χ4n) is 2.44. The fraction of sp³-hybridized carbons (Fsp3) is 0.350. The van der Waals surface area contributed by atoms with E-state index < -0.39 is 0 Å². The smallest absolute Gasteiger partial charge is 0.246 e. The molecule has 1 amide bonds. The minimum Gasteiger partial charge on any atom is -0.490 e. The van der Waals surface area contributed by atoms with Crippen LogP contribution in [0.15, 0.2) is 46.9 Å². The summed E-state index contributed by atoms with van der Waals surface area (Å²) < 4.78 is 11.6. The van der Waals surface area contributed by atoms with Gasteiger partial charge in [-0.25, -0.2) is 0 Å². The number of halogens is 2. The molecule has 0 spiro atoms. The molecule has 0 unspecified atom stereocenters. The Morgan fingerprint density at radius 3 is 2.77 bits per heavy atom. The van der Waals surface area contributed by atoms with Crippen LogP contribution in [0.25, 0.3) is 16.0 Å². The lowest BCUT2D eigenvalue weighted by atomic mass is 10.2. The van der Waals surface area contributed by atoms with Crippen LogP contribution in [0.1, 0.15) is 26.0 Å². The third kappa shape index (κ3) is 5.29. The van der Waals surface area contributed by atoms with E-state index in [1.807, 2.05) is 38.1 Å². The van der Waals surface area contributed by atoms with Crippen LogP contribution in [-0.4, -0.2) is 36.4 Å². The van der Waals surface area contributed by atoms with Gasteiger partial charge in [-0.05, 0) is 38.5 Å². The first-order chi connectivity index (χ1) is 12.6. The van der Waals surface area contributed by atoms with Crippen molar-refractivity contribution in [3.63, 3.8) is 0 Å². The zero-order chi connectivity index (χ0) is 18.9. The highest BCUT2D eigenvalue weighted by atomic mass is 35.5. The SMILES string of the molecule is CCN(CC)C(=O)/C=C/C=C(\Cl)c1cc2cccc(OCCCCl)c2o1. The number of alkyl halides is 1. The second-order valence-corrected chi connectivity index (χ2v) is 6.35. The number of likely N-dealkylation sites (N-methyl/N-ethyl adjacent to an activating group) is 1. The van der Waals surface area contributed by atoms with E-state index in [9.17, 15) is 4.79 Å². The lowest BCUT2D eigenvalue weighted by molar-refractivity contribution is -0.125. The van der Waals surface area contributed by atoms with Crippen LogP contribution in [0.4, 0.5) is 0 Å². The number of para-hydroxylation sites is 1. The molecule has 0 aliphatic heterocycles. The van der Waals surface area contributed by atoms with Gasteiger partial charge in [0.1, 0.15) is 5.76 Å². The van der Waals surface area contributed by atoms with Crippen LogP contribution in [0, 0.1) is 0 Å². The van der Waals surface area contributed by atoms with Crippen molar-refractivity contribution in [2.75, 3.05) is 25.6 Å². The minimum absolute atomic E-state index is 0.0460. The van der Waals surface area contributed by atoms with Crippen molar-refractivity contribution in [1.82, 2.24) is 4.90 Å². The molecule has 2 rings (SSSR count). The number of rotatable bonds is 9. The first-order valence-corrected chi connectivity index (χ1v) is 9.56. The molecule has 0 aliphatic carbocycles. The van der Waals surface area contributed by atoms with Gasteiger partial charge in [0.25, 0.3) is 0 Å². The van der Waals surface area contributed by atoms with E-state index in [1.54, 1.807) is 17.1 Å². The zero-order valence-corrected chi connectivity index (χ0v) is 16.5. The number of furan rings is 1. The van der Waals surface area contributed by atoms with Gasteiger partial charge in [-0.15, -0.1) is 11.6 Å². The monoisotopic (exact) mass is 395 g/mol. The Morgan fingerprint density at radius 2 is 2.08 bits per heavy atom. The molecule has 0 saturated heterocycles. The van der Waals surface area contributed by atoms with Crippen molar-refractivity contribution in [2.24, 2.45) is 0 Å². The number of benzene rings is 1. The van der Waals surface area contributed by atoms with Crippen molar-refractivity contribution in [2.45, 2.75) is 20.3 Å². The van der Waals surface area contributed by atoms with Crippen LogP contribution in [0.2, 0.25) is 0 Å². The summed E-state index contributed by atoms with van der Waals surface area (Å²) in [6.45, 7) is 5.76. The molecule has 0 radical (unpaired) electrons. The largest absolute Gasteiger partial charge is 0.490 e. The van der Waals surface area contributed by atoms with Crippen LogP contribution in [0.3, 0.4) is 0 Å². The standard InChI is InChI=1S/C20H23Cl2NO3/c1-3-23(4-2)19(24)11-6-9-16(22)18-14-15-8-5-10-17(20(15)26-18)25-13-7-12-21/h5-6,8-11,14H,3-4,7,12-13H2,1-2H3/b11-6+,16-9-. The van der Waals surface area contributed by atoms with Crippen LogP contribution >= 0.6 is 23.2 Å². The summed E-state index contributed by atoms with van der Waals surface area (Å²) >= 11 is 12.0. The Hall–Kier alpha value is -1.91. The Morgan fingerprint density at radius 1 is 1.31 bits per heavy atom. The first kappa shape index (κ1) is 20.4. The molecule has 1 heterocycles. The van der Waals surface area contributed by atoms with E-state index in [1.165, 1.54) is 6.08 Å². The van der Waals surface area contributed by atoms with Crippen LogP contribution in [0.5, 0.6) is 5.75 Å². The average molecular weight is 396 g/mol. The van der Waals surface area contributed by atoms with Crippen LogP contribution in [-0.2, 0) is 4.79 Å². The van der Waals surface area contributed by atoms with E-state index in [0.717, 1.165) is 11.8 Å². The van der Waals surface area contributed by atoms with Gasteiger partial charge in [0, 0.05) is 30.4 Å². The number of carbonyl (C=O) groups excluding carboxylic acids is 1. The predicted molar refractivity (Wildman–Crippen MR) is 108 cm³/mol. The first-order valence-electron chi connectivity index (χ1n) is 8.65. The summed E-state index contributed by atoms with van der Waals surface area (Å²) in [4.78, 5) is 13.7. The molecule has 1 aromatic heterocycles. The van der Waals surface area contributed by atoms with Gasteiger partial charge < -0.3 is 14.1 Å².